The fraction of sp³-hybridized carbons (Fsp3) is 0.0526. The van der Waals surface area contributed by atoms with Crippen LogP contribution in [0.15, 0.2) is 68.7 Å². The molecule has 0 aliphatic carbocycles. The maximum atomic E-state index is 12.4. The highest BCUT2D eigenvalue weighted by atomic mass is 79.9. The van der Waals surface area contributed by atoms with Crippen molar-refractivity contribution in [3.05, 3.63) is 75.6 Å². The van der Waals surface area contributed by atoms with Gasteiger partial charge in [0.05, 0.1) is 3.79 Å². The van der Waals surface area contributed by atoms with E-state index in [0.717, 1.165) is 11.3 Å². The third-order valence-corrected chi connectivity index (χ3v) is 7.34. The molecule has 0 spiro atoms. The van der Waals surface area contributed by atoms with Crippen molar-refractivity contribution in [2.75, 3.05) is 17.1 Å². The van der Waals surface area contributed by atoms with Gasteiger partial charge in [0.25, 0.3) is 21.8 Å². The van der Waals surface area contributed by atoms with E-state index in [-0.39, 0.29) is 16.0 Å². The Hall–Kier alpha value is -2.69. The molecule has 0 radical (unpaired) electrons. The number of benzene rings is 2. The standard InChI is InChI=1S/C19H16BrN3O4S2/c1-21-18(24)12-2-6-14(7-3-12)22-19(25)13-4-8-15(9-5-13)23-29(26,27)17-11-10-16(20)28-17/h2-11,23H,1H3,(H,21,24)(H,22,25). The second-order valence-electron chi connectivity index (χ2n) is 5.85. The van der Waals surface area contributed by atoms with Crippen LogP contribution < -0.4 is 15.4 Å². The average molecular weight is 494 g/mol. The maximum Gasteiger partial charge on any atom is 0.271 e. The first-order valence-electron chi connectivity index (χ1n) is 8.30. The lowest BCUT2D eigenvalue weighted by Gasteiger charge is -2.09. The van der Waals surface area contributed by atoms with E-state index in [2.05, 4.69) is 31.3 Å². The first-order chi connectivity index (χ1) is 13.8. The molecular formula is C19H16BrN3O4S2. The summed E-state index contributed by atoms with van der Waals surface area (Å²) in [5, 5.41) is 5.25. The van der Waals surface area contributed by atoms with Gasteiger partial charge in [-0.3, -0.25) is 14.3 Å². The van der Waals surface area contributed by atoms with Crippen molar-refractivity contribution >= 4 is 60.5 Å². The monoisotopic (exact) mass is 493 g/mol. The largest absolute Gasteiger partial charge is 0.355 e. The number of rotatable bonds is 6. The van der Waals surface area contributed by atoms with Gasteiger partial charge in [-0.25, -0.2) is 8.42 Å². The number of nitrogens with one attached hydrogen (secondary N) is 3. The van der Waals surface area contributed by atoms with E-state index in [0.29, 0.717) is 26.3 Å². The summed E-state index contributed by atoms with van der Waals surface area (Å²) >= 11 is 4.34. The number of hydrogen-bond acceptors (Lipinski definition) is 5. The van der Waals surface area contributed by atoms with Crippen LogP contribution in [0.2, 0.25) is 0 Å². The predicted molar refractivity (Wildman–Crippen MR) is 117 cm³/mol. The fourth-order valence-electron chi connectivity index (χ4n) is 2.39. The van der Waals surface area contributed by atoms with Gasteiger partial charge in [0.15, 0.2) is 0 Å². The van der Waals surface area contributed by atoms with Crippen molar-refractivity contribution in [1.82, 2.24) is 5.32 Å². The molecule has 2 aromatic carbocycles. The molecule has 29 heavy (non-hydrogen) atoms. The highest BCUT2D eigenvalue weighted by Gasteiger charge is 2.17. The van der Waals surface area contributed by atoms with Crippen molar-refractivity contribution in [3.8, 4) is 0 Å². The Bertz CT molecular complexity index is 1140. The molecule has 0 aliphatic rings. The van der Waals surface area contributed by atoms with E-state index >= 15 is 0 Å². The molecule has 7 nitrogen and oxygen atoms in total. The Morgan fingerprint density at radius 2 is 1.38 bits per heavy atom. The molecule has 1 aromatic heterocycles. The van der Waals surface area contributed by atoms with Crippen LogP contribution in [0.25, 0.3) is 0 Å². The summed E-state index contributed by atoms with van der Waals surface area (Å²) in [5.74, 6) is -0.565. The highest BCUT2D eigenvalue weighted by Crippen LogP contribution is 2.27. The first-order valence-corrected chi connectivity index (χ1v) is 11.4. The Labute approximate surface area is 180 Å². The van der Waals surface area contributed by atoms with Crippen LogP contribution in [0.5, 0.6) is 0 Å². The van der Waals surface area contributed by atoms with Crippen molar-refractivity contribution in [2.24, 2.45) is 0 Å². The van der Waals surface area contributed by atoms with Crippen molar-refractivity contribution in [1.29, 1.82) is 0 Å². The quantitative estimate of drug-likeness (QED) is 0.483. The van der Waals surface area contributed by atoms with Gasteiger partial charge in [-0.1, -0.05) is 0 Å². The van der Waals surface area contributed by atoms with Gasteiger partial charge in [0, 0.05) is 29.5 Å². The van der Waals surface area contributed by atoms with Crippen LogP contribution in [-0.2, 0) is 10.0 Å². The van der Waals surface area contributed by atoms with E-state index in [1.807, 2.05) is 0 Å². The van der Waals surface area contributed by atoms with Gasteiger partial charge in [-0.05, 0) is 76.6 Å². The van der Waals surface area contributed by atoms with E-state index in [4.69, 9.17) is 0 Å². The second-order valence-corrected chi connectivity index (χ2v) is 10.2. The summed E-state index contributed by atoms with van der Waals surface area (Å²) in [6.45, 7) is 0. The number of anilines is 2. The summed E-state index contributed by atoms with van der Waals surface area (Å²) in [6.07, 6.45) is 0. The lowest BCUT2D eigenvalue weighted by Crippen LogP contribution is -2.18. The fourth-order valence-corrected chi connectivity index (χ4v) is 5.46. The summed E-state index contributed by atoms with van der Waals surface area (Å²) in [7, 11) is -2.14. The minimum absolute atomic E-state index is 0.186. The third kappa shape index (κ3) is 5.22. The first kappa shape index (κ1) is 21.0. The average Bonchev–Trinajstić information content (AvgIpc) is 3.15. The van der Waals surface area contributed by atoms with E-state index in [1.165, 1.54) is 30.3 Å². The van der Waals surface area contributed by atoms with Crippen LogP contribution in [0, 0.1) is 0 Å². The van der Waals surface area contributed by atoms with Gasteiger partial charge >= 0.3 is 0 Å². The number of thiophene rings is 1. The molecule has 1 heterocycles. The summed E-state index contributed by atoms with van der Waals surface area (Å²) in [4.78, 5) is 23.9. The maximum absolute atomic E-state index is 12.4. The van der Waals surface area contributed by atoms with Crippen molar-refractivity contribution in [3.63, 3.8) is 0 Å². The minimum Gasteiger partial charge on any atom is -0.355 e. The summed E-state index contributed by atoms with van der Waals surface area (Å²) in [6, 6.07) is 15.7. The zero-order valence-electron chi connectivity index (χ0n) is 15.1. The van der Waals surface area contributed by atoms with Crippen molar-refractivity contribution < 1.29 is 18.0 Å². The number of carbonyl (C=O) groups is 2. The number of sulfonamides is 1. The Balaban J connectivity index is 1.66. The van der Waals surface area contributed by atoms with Gasteiger partial charge < -0.3 is 10.6 Å². The molecule has 0 aliphatic heterocycles. The molecule has 0 fully saturated rings. The van der Waals surface area contributed by atoms with E-state index in [1.54, 1.807) is 37.4 Å². The molecule has 3 N–H and O–H groups in total. The molecule has 3 rings (SSSR count). The molecule has 150 valence electrons. The molecule has 0 saturated carbocycles. The molecule has 0 bridgehead atoms. The Morgan fingerprint density at radius 1 is 0.828 bits per heavy atom. The van der Waals surface area contributed by atoms with Crippen molar-refractivity contribution in [2.45, 2.75) is 4.21 Å². The smallest absolute Gasteiger partial charge is 0.271 e. The Kier molecular flexibility index (Phi) is 6.36. The molecule has 2 amide bonds. The van der Waals surface area contributed by atoms with Crippen LogP contribution in [0.1, 0.15) is 20.7 Å². The van der Waals surface area contributed by atoms with Crippen LogP contribution in [0.4, 0.5) is 11.4 Å². The summed E-state index contributed by atoms with van der Waals surface area (Å²) < 4.78 is 28.1. The van der Waals surface area contributed by atoms with Crippen LogP contribution >= 0.6 is 27.3 Å². The number of hydrogen-bond donors (Lipinski definition) is 3. The highest BCUT2D eigenvalue weighted by molar-refractivity contribution is 9.11. The SMILES string of the molecule is CNC(=O)c1ccc(NC(=O)c2ccc(NS(=O)(=O)c3ccc(Br)s3)cc2)cc1. The van der Waals surface area contributed by atoms with E-state index < -0.39 is 10.0 Å². The topological polar surface area (TPSA) is 104 Å². The molecule has 0 unspecified atom stereocenters. The Morgan fingerprint density at radius 3 is 1.90 bits per heavy atom. The lowest BCUT2D eigenvalue weighted by atomic mass is 10.1. The normalized spacial score (nSPS) is 11.0. The van der Waals surface area contributed by atoms with Gasteiger partial charge in [0.2, 0.25) is 0 Å². The number of carbonyl (C=O) groups excluding carboxylic acids is 2. The van der Waals surface area contributed by atoms with Crippen LogP contribution in [-0.4, -0.2) is 27.3 Å². The second kappa shape index (κ2) is 8.76. The molecule has 3 aromatic rings. The van der Waals surface area contributed by atoms with Crippen LogP contribution in [0.3, 0.4) is 0 Å². The zero-order valence-corrected chi connectivity index (χ0v) is 18.3. The number of amides is 2. The van der Waals surface area contributed by atoms with Gasteiger partial charge in [-0.15, -0.1) is 11.3 Å². The molecular weight excluding hydrogens is 478 g/mol. The zero-order chi connectivity index (χ0) is 21.0. The molecule has 10 heteroatoms. The number of halogens is 1. The minimum atomic E-state index is -3.68. The van der Waals surface area contributed by atoms with E-state index in [9.17, 15) is 18.0 Å². The molecule has 0 atom stereocenters. The van der Waals surface area contributed by atoms with Gasteiger partial charge in [-0.2, -0.15) is 0 Å². The lowest BCUT2D eigenvalue weighted by molar-refractivity contribution is 0.0962. The third-order valence-electron chi connectivity index (χ3n) is 3.84. The predicted octanol–water partition coefficient (Wildman–Crippen LogP) is 3.92. The summed E-state index contributed by atoms with van der Waals surface area (Å²) in [5.41, 5.74) is 1.74. The van der Waals surface area contributed by atoms with Gasteiger partial charge in [0.1, 0.15) is 4.21 Å². The molecule has 0 saturated heterocycles.